The van der Waals surface area contributed by atoms with Gasteiger partial charge < -0.3 is 11.1 Å². The van der Waals surface area contributed by atoms with Crippen LogP contribution in [0.1, 0.15) is 24.1 Å². The Kier molecular flexibility index (Phi) is 3.89. The number of hydrogen-bond donors (Lipinski definition) is 2. The molecule has 1 atom stereocenters. The Morgan fingerprint density at radius 1 is 1.20 bits per heavy atom. The van der Waals surface area contributed by atoms with Crippen LogP contribution in [0.3, 0.4) is 0 Å². The highest BCUT2D eigenvalue weighted by Crippen LogP contribution is 2.32. The lowest BCUT2D eigenvalue weighted by atomic mass is 10.1. The summed E-state index contributed by atoms with van der Waals surface area (Å²) in [5.74, 6) is 0. The molecule has 104 valence electrons. The molecule has 0 saturated heterocycles. The van der Waals surface area contributed by atoms with Crippen LogP contribution in [0, 0.1) is 17.0 Å². The summed E-state index contributed by atoms with van der Waals surface area (Å²) in [7, 11) is 0. The van der Waals surface area contributed by atoms with Gasteiger partial charge in [-0.2, -0.15) is 0 Å². The smallest absolute Gasteiger partial charge is 0.314 e. The molecule has 3 N–H and O–H groups in total. The molecule has 2 rings (SSSR count). The minimum atomic E-state index is -0.459. The van der Waals surface area contributed by atoms with Gasteiger partial charge in [-0.05, 0) is 31.5 Å². The number of nitrogens with two attached hydrogens (primary N) is 1. The molecular weight excluding hydrogens is 254 g/mol. The van der Waals surface area contributed by atoms with Crippen LogP contribution in [0.2, 0.25) is 0 Å². The van der Waals surface area contributed by atoms with Crippen LogP contribution in [-0.2, 0) is 0 Å². The lowest BCUT2D eigenvalue weighted by Gasteiger charge is -2.16. The van der Waals surface area contributed by atoms with Gasteiger partial charge in [0.2, 0.25) is 0 Å². The van der Waals surface area contributed by atoms with Crippen molar-refractivity contribution in [3.63, 3.8) is 0 Å². The molecule has 0 radical (unpaired) electrons. The van der Waals surface area contributed by atoms with Crippen LogP contribution in [0.15, 0.2) is 42.5 Å². The van der Waals surface area contributed by atoms with Gasteiger partial charge in [-0.1, -0.05) is 35.9 Å². The Balaban J connectivity index is 2.28. The molecule has 20 heavy (non-hydrogen) atoms. The Bertz CT molecular complexity index is 624. The number of aryl methyl sites for hydroxylation is 1. The maximum absolute atomic E-state index is 11.1. The maximum Gasteiger partial charge on any atom is 0.314 e. The number of hydrogen-bond acceptors (Lipinski definition) is 4. The molecule has 0 bridgehead atoms. The molecule has 2 aromatic rings. The van der Waals surface area contributed by atoms with Crippen LogP contribution >= 0.6 is 0 Å². The number of rotatable bonds is 4. The van der Waals surface area contributed by atoms with Gasteiger partial charge in [-0.3, -0.25) is 10.1 Å². The molecule has 0 amide bonds. The van der Waals surface area contributed by atoms with E-state index in [1.807, 2.05) is 38.1 Å². The number of nitrogen functional groups attached to an aromatic ring is 1. The second-order valence-corrected chi connectivity index (χ2v) is 4.78. The molecule has 0 fully saturated rings. The number of anilines is 2. The third kappa shape index (κ3) is 2.88. The normalized spacial score (nSPS) is 11.9. The number of nitro groups is 1. The van der Waals surface area contributed by atoms with E-state index in [1.165, 1.54) is 11.6 Å². The number of nitrogens with one attached hydrogen (secondary N) is 1. The van der Waals surface area contributed by atoms with Crippen LogP contribution in [0.25, 0.3) is 0 Å². The molecule has 0 saturated carbocycles. The topological polar surface area (TPSA) is 81.2 Å². The first kappa shape index (κ1) is 13.9. The minimum absolute atomic E-state index is 0.0453. The van der Waals surface area contributed by atoms with Gasteiger partial charge in [0, 0.05) is 6.04 Å². The predicted octanol–water partition coefficient (Wildman–Crippen LogP) is 3.66. The van der Waals surface area contributed by atoms with Crippen LogP contribution < -0.4 is 11.1 Å². The van der Waals surface area contributed by atoms with Gasteiger partial charge in [-0.15, -0.1) is 0 Å². The first-order valence-electron chi connectivity index (χ1n) is 6.35. The highest BCUT2D eigenvalue weighted by Gasteiger charge is 2.19. The zero-order valence-corrected chi connectivity index (χ0v) is 11.5. The number of nitrogens with zero attached hydrogens (tertiary/aromatic N) is 1. The van der Waals surface area contributed by atoms with Crippen LogP contribution in [0.5, 0.6) is 0 Å². The monoisotopic (exact) mass is 271 g/mol. The third-order valence-electron chi connectivity index (χ3n) is 3.20. The highest BCUT2D eigenvalue weighted by molar-refractivity contribution is 5.74. The zero-order chi connectivity index (χ0) is 14.7. The van der Waals surface area contributed by atoms with Crippen molar-refractivity contribution >= 4 is 17.1 Å². The second kappa shape index (κ2) is 5.61. The molecule has 5 nitrogen and oxygen atoms in total. The fraction of sp³-hybridized carbons (Fsp3) is 0.200. The lowest BCUT2D eigenvalue weighted by molar-refractivity contribution is -0.383. The third-order valence-corrected chi connectivity index (χ3v) is 3.20. The van der Waals surface area contributed by atoms with Crippen LogP contribution in [0.4, 0.5) is 17.1 Å². The standard InChI is InChI=1S/C15H17N3O2/c1-10-6-8-12(9-7-10)11(2)17-14-5-3-4-13(16)15(14)18(19)20/h3-9,11,17H,16H2,1-2H3. The summed E-state index contributed by atoms with van der Waals surface area (Å²) in [6.45, 7) is 3.97. The van der Waals surface area contributed by atoms with Crippen molar-refractivity contribution in [1.29, 1.82) is 0 Å². The number of benzene rings is 2. The van der Waals surface area contributed by atoms with Crippen molar-refractivity contribution in [2.75, 3.05) is 11.1 Å². The fourth-order valence-electron chi connectivity index (χ4n) is 2.05. The van der Waals surface area contributed by atoms with Gasteiger partial charge in [-0.25, -0.2) is 0 Å². The van der Waals surface area contributed by atoms with Crippen molar-refractivity contribution in [3.8, 4) is 0 Å². The predicted molar refractivity (Wildman–Crippen MR) is 80.7 cm³/mol. The molecule has 0 aliphatic heterocycles. The van der Waals surface area contributed by atoms with Crippen molar-refractivity contribution in [3.05, 3.63) is 63.7 Å². The Hall–Kier alpha value is -2.56. The molecule has 0 aliphatic carbocycles. The van der Waals surface area contributed by atoms with Gasteiger partial charge in [0.25, 0.3) is 0 Å². The van der Waals surface area contributed by atoms with E-state index in [4.69, 9.17) is 5.73 Å². The summed E-state index contributed by atoms with van der Waals surface area (Å²) in [6.07, 6.45) is 0. The zero-order valence-electron chi connectivity index (χ0n) is 11.5. The lowest BCUT2D eigenvalue weighted by Crippen LogP contribution is -2.09. The summed E-state index contributed by atoms with van der Waals surface area (Å²) in [5, 5.41) is 14.2. The molecule has 2 aromatic carbocycles. The molecule has 0 heterocycles. The van der Waals surface area contributed by atoms with Crippen molar-refractivity contribution < 1.29 is 4.92 Å². The Labute approximate surface area is 117 Å². The number of nitro benzene ring substituents is 1. The Morgan fingerprint density at radius 3 is 2.45 bits per heavy atom. The van der Waals surface area contributed by atoms with Crippen molar-refractivity contribution in [2.24, 2.45) is 0 Å². The van der Waals surface area contributed by atoms with Crippen LogP contribution in [-0.4, -0.2) is 4.92 Å². The molecular formula is C15H17N3O2. The van der Waals surface area contributed by atoms with E-state index in [-0.39, 0.29) is 17.4 Å². The van der Waals surface area contributed by atoms with Gasteiger partial charge >= 0.3 is 5.69 Å². The largest absolute Gasteiger partial charge is 0.393 e. The van der Waals surface area contributed by atoms with E-state index < -0.39 is 4.92 Å². The summed E-state index contributed by atoms with van der Waals surface area (Å²) in [6, 6.07) is 12.9. The quantitative estimate of drug-likeness (QED) is 0.505. The first-order chi connectivity index (χ1) is 9.49. The van der Waals surface area contributed by atoms with Gasteiger partial charge in [0.05, 0.1) is 4.92 Å². The SMILES string of the molecule is Cc1ccc(C(C)Nc2cccc(N)c2[N+](=O)[O-])cc1. The molecule has 0 aliphatic rings. The summed E-state index contributed by atoms with van der Waals surface area (Å²) >= 11 is 0. The molecule has 0 aromatic heterocycles. The van der Waals surface area contributed by atoms with E-state index >= 15 is 0 Å². The summed E-state index contributed by atoms with van der Waals surface area (Å²) in [5.41, 5.74) is 8.43. The van der Waals surface area contributed by atoms with E-state index in [9.17, 15) is 10.1 Å². The maximum atomic E-state index is 11.1. The minimum Gasteiger partial charge on any atom is -0.393 e. The Morgan fingerprint density at radius 2 is 1.85 bits per heavy atom. The average molecular weight is 271 g/mol. The van der Waals surface area contributed by atoms with E-state index in [0.717, 1.165) is 5.56 Å². The van der Waals surface area contributed by atoms with E-state index in [0.29, 0.717) is 5.69 Å². The highest BCUT2D eigenvalue weighted by atomic mass is 16.6. The van der Waals surface area contributed by atoms with Crippen molar-refractivity contribution in [2.45, 2.75) is 19.9 Å². The molecule has 5 heteroatoms. The van der Waals surface area contributed by atoms with Gasteiger partial charge in [0.15, 0.2) is 0 Å². The summed E-state index contributed by atoms with van der Waals surface area (Å²) in [4.78, 5) is 10.6. The van der Waals surface area contributed by atoms with Crippen molar-refractivity contribution in [1.82, 2.24) is 0 Å². The average Bonchev–Trinajstić information content (AvgIpc) is 2.39. The number of para-hydroxylation sites is 1. The fourth-order valence-corrected chi connectivity index (χ4v) is 2.05. The van der Waals surface area contributed by atoms with E-state index in [2.05, 4.69) is 5.32 Å². The molecule has 1 unspecified atom stereocenters. The second-order valence-electron chi connectivity index (χ2n) is 4.78. The van der Waals surface area contributed by atoms with E-state index in [1.54, 1.807) is 12.1 Å². The first-order valence-corrected chi connectivity index (χ1v) is 6.35. The molecule has 0 spiro atoms. The van der Waals surface area contributed by atoms with Gasteiger partial charge in [0.1, 0.15) is 11.4 Å². The summed E-state index contributed by atoms with van der Waals surface area (Å²) < 4.78 is 0.